The molecule has 1 rings (SSSR count). The summed E-state index contributed by atoms with van der Waals surface area (Å²) < 4.78 is 0. The summed E-state index contributed by atoms with van der Waals surface area (Å²) >= 11 is 0. The highest BCUT2D eigenvalue weighted by Crippen LogP contribution is 2.32. The average Bonchev–Trinajstić information content (AvgIpc) is 2.20. The zero-order valence-electron chi connectivity index (χ0n) is 9.83. The summed E-state index contributed by atoms with van der Waals surface area (Å²) in [6.07, 6.45) is 1.24. The monoisotopic (exact) mass is 190 g/mol. The minimum Gasteiger partial charge on any atom is -0.0648 e. The molecule has 0 fully saturated rings. The van der Waals surface area contributed by atoms with Crippen LogP contribution >= 0.6 is 0 Å². The fourth-order valence-electron chi connectivity index (χ4n) is 2.08. The van der Waals surface area contributed by atoms with Gasteiger partial charge in [-0.1, -0.05) is 58.0 Å². The van der Waals surface area contributed by atoms with Gasteiger partial charge in [-0.2, -0.15) is 0 Å². The first-order valence-corrected chi connectivity index (χ1v) is 5.71. The number of benzene rings is 1. The lowest BCUT2D eigenvalue weighted by atomic mass is 9.79. The third-order valence-electron chi connectivity index (χ3n) is 3.35. The Hall–Kier alpha value is -0.780. The maximum absolute atomic E-state index is 2.37. The molecule has 0 amide bonds. The smallest absolute Gasteiger partial charge is 0.0136 e. The minimum absolute atomic E-state index is 0.719. The molecule has 78 valence electrons. The molecule has 1 aromatic rings. The van der Waals surface area contributed by atoms with Crippen LogP contribution in [0.1, 0.15) is 45.6 Å². The summed E-state index contributed by atoms with van der Waals surface area (Å²) in [6.45, 7) is 9.29. The van der Waals surface area contributed by atoms with E-state index < -0.39 is 0 Å². The predicted molar refractivity (Wildman–Crippen MR) is 63.5 cm³/mol. The molecule has 0 aromatic heterocycles. The van der Waals surface area contributed by atoms with Crippen LogP contribution in [-0.2, 0) is 0 Å². The molecule has 2 atom stereocenters. The topological polar surface area (TPSA) is 0 Å². The van der Waals surface area contributed by atoms with Crippen LogP contribution in [0.2, 0.25) is 0 Å². The molecular formula is C14H22. The molecule has 0 saturated heterocycles. The van der Waals surface area contributed by atoms with E-state index in [1.165, 1.54) is 12.0 Å². The molecule has 0 aliphatic rings. The van der Waals surface area contributed by atoms with Crippen LogP contribution < -0.4 is 0 Å². The standard InChI is InChI=1S/C14H22/c1-5-14(12(4)11(2)3)13-9-7-6-8-10-13/h6-12,14H,5H2,1-4H3. The van der Waals surface area contributed by atoms with Crippen molar-refractivity contribution in [3.05, 3.63) is 35.9 Å². The Balaban J connectivity index is 2.82. The summed E-state index contributed by atoms with van der Waals surface area (Å²) in [7, 11) is 0. The molecule has 0 heteroatoms. The first kappa shape index (κ1) is 11.3. The second kappa shape index (κ2) is 5.19. The number of rotatable bonds is 4. The Morgan fingerprint density at radius 3 is 2.00 bits per heavy atom. The number of hydrogen-bond donors (Lipinski definition) is 0. The van der Waals surface area contributed by atoms with Crippen LogP contribution in [0.5, 0.6) is 0 Å². The van der Waals surface area contributed by atoms with E-state index in [2.05, 4.69) is 58.0 Å². The maximum Gasteiger partial charge on any atom is -0.0136 e. The maximum atomic E-state index is 2.37. The highest BCUT2D eigenvalue weighted by molar-refractivity contribution is 5.20. The lowest BCUT2D eigenvalue weighted by molar-refractivity contribution is 0.339. The van der Waals surface area contributed by atoms with E-state index in [1.807, 2.05) is 0 Å². The Kier molecular flexibility index (Phi) is 4.19. The zero-order chi connectivity index (χ0) is 10.6. The fourth-order valence-corrected chi connectivity index (χ4v) is 2.08. The summed E-state index contributed by atoms with van der Waals surface area (Å²) in [6, 6.07) is 10.9. The van der Waals surface area contributed by atoms with Crippen molar-refractivity contribution in [2.24, 2.45) is 11.8 Å². The lowest BCUT2D eigenvalue weighted by Gasteiger charge is -2.26. The van der Waals surface area contributed by atoms with Gasteiger partial charge in [-0.05, 0) is 29.7 Å². The Morgan fingerprint density at radius 2 is 1.57 bits per heavy atom. The van der Waals surface area contributed by atoms with Gasteiger partial charge >= 0.3 is 0 Å². The molecule has 2 unspecified atom stereocenters. The van der Waals surface area contributed by atoms with Gasteiger partial charge in [0.2, 0.25) is 0 Å². The van der Waals surface area contributed by atoms with Crippen LogP contribution in [0, 0.1) is 11.8 Å². The first-order valence-electron chi connectivity index (χ1n) is 5.71. The molecule has 0 aliphatic carbocycles. The Bertz CT molecular complexity index is 248. The molecule has 0 heterocycles. The van der Waals surface area contributed by atoms with Crippen molar-refractivity contribution in [3.8, 4) is 0 Å². The van der Waals surface area contributed by atoms with Gasteiger partial charge in [0.15, 0.2) is 0 Å². The van der Waals surface area contributed by atoms with E-state index in [1.54, 1.807) is 0 Å². The van der Waals surface area contributed by atoms with Gasteiger partial charge in [0.25, 0.3) is 0 Å². The Labute approximate surface area is 88.4 Å². The summed E-state index contributed by atoms with van der Waals surface area (Å²) in [5, 5.41) is 0. The average molecular weight is 190 g/mol. The highest BCUT2D eigenvalue weighted by Gasteiger charge is 2.19. The summed E-state index contributed by atoms with van der Waals surface area (Å²) in [5.41, 5.74) is 1.50. The molecule has 0 nitrogen and oxygen atoms in total. The molecule has 0 aliphatic heterocycles. The predicted octanol–water partition coefficient (Wildman–Crippen LogP) is 4.47. The van der Waals surface area contributed by atoms with Gasteiger partial charge in [-0.25, -0.2) is 0 Å². The fraction of sp³-hybridized carbons (Fsp3) is 0.571. The van der Waals surface area contributed by atoms with Crippen LogP contribution in [0.4, 0.5) is 0 Å². The molecular weight excluding hydrogens is 168 g/mol. The summed E-state index contributed by atoms with van der Waals surface area (Å²) in [5.74, 6) is 2.25. The Morgan fingerprint density at radius 1 is 1.00 bits per heavy atom. The van der Waals surface area contributed by atoms with Gasteiger partial charge < -0.3 is 0 Å². The number of hydrogen-bond acceptors (Lipinski definition) is 0. The molecule has 0 saturated carbocycles. The first-order chi connectivity index (χ1) is 6.66. The van der Waals surface area contributed by atoms with Crippen LogP contribution in [0.25, 0.3) is 0 Å². The normalized spacial score (nSPS) is 15.5. The van der Waals surface area contributed by atoms with Crippen molar-refractivity contribution in [1.82, 2.24) is 0 Å². The largest absolute Gasteiger partial charge is 0.0648 e. The molecule has 14 heavy (non-hydrogen) atoms. The van der Waals surface area contributed by atoms with Gasteiger partial charge in [0, 0.05) is 0 Å². The van der Waals surface area contributed by atoms with Crippen LogP contribution in [-0.4, -0.2) is 0 Å². The van der Waals surface area contributed by atoms with Gasteiger partial charge in [-0.15, -0.1) is 0 Å². The molecule has 0 bridgehead atoms. The second-order valence-corrected chi connectivity index (χ2v) is 4.53. The van der Waals surface area contributed by atoms with E-state index in [4.69, 9.17) is 0 Å². The van der Waals surface area contributed by atoms with Crippen molar-refractivity contribution in [1.29, 1.82) is 0 Å². The van der Waals surface area contributed by atoms with E-state index in [-0.39, 0.29) is 0 Å². The van der Waals surface area contributed by atoms with E-state index in [0.717, 1.165) is 17.8 Å². The van der Waals surface area contributed by atoms with E-state index >= 15 is 0 Å². The van der Waals surface area contributed by atoms with Crippen LogP contribution in [0.15, 0.2) is 30.3 Å². The van der Waals surface area contributed by atoms with E-state index in [0.29, 0.717) is 0 Å². The van der Waals surface area contributed by atoms with Crippen molar-refractivity contribution < 1.29 is 0 Å². The van der Waals surface area contributed by atoms with Crippen LogP contribution in [0.3, 0.4) is 0 Å². The van der Waals surface area contributed by atoms with Crippen molar-refractivity contribution in [3.63, 3.8) is 0 Å². The third-order valence-corrected chi connectivity index (χ3v) is 3.35. The summed E-state index contributed by atoms with van der Waals surface area (Å²) in [4.78, 5) is 0. The van der Waals surface area contributed by atoms with Crippen molar-refractivity contribution in [2.75, 3.05) is 0 Å². The van der Waals surface area contributed by atoms with Gasteiger partial charge in [0.1, 0.15) is 0 Å². The quantitative estimate of drug-likeness (QED) is 0.657. The highest BCUT2D eigenvalue weighted by atomic mass is 14.2. The van der Waals surface area contributed by atoms with E-state index in [9.17, 15) is 0 Å². The van der Waals surface area contributed by atoms with Gasteiger partial charge in [0.05, 0.1) is 0 Å². The molecule has 0 radical (unpaired) electrons. The third kappa shape index (κ3) is 2.60. The zero-order valence-corrected chi connectivity index (χ0v) is 9.83. The van der Waals surface area contributed by atoms with Gasteiger partial charge in [-0.3, -0.25) is 0 Å². The minimum atomic E-state index is 0.719. The SMILES string of the molecule is CCC(c1ccccc1)C(C)C(C)C. The molecule has 1 aromatic carbocycles. The lowest BCUT2D eigenvalue weighted by Crippen LogP contribution is -2.14. The van der Waals surface area contributed by atoms with Crippen molar-refractivity contribution >= 4 is 0 Å². The molecule has 0 N–H and O–H groups in total. The molecule has 0 spiro atoms. The second-order valence-electron chi connectivity index (χ2n) is 4.53. The van der Waals surface area contributed by atoms with Crippen molar-refractivity contribution in [2.45, 2.75) is 40.0 Å².